The highest BCUT2D eigenvalue weighted by atomic mass is 19.1. The number of aliphatic imine (C=N–C) groups is 1. The van der Waals surface area contributed by atoms with E-state index in [1.54, 1.807) is 0 Å². The molecule has 0 atom stereocenters. The Bertz CT molecular complexity index is 856. The molecule has 6 nitrogen and oxygen atoms in total. The van der Waals surface area contributed by atoms with E-state index in [4.69, 9.17) is 4.99 Å². The Kier molecular flexibility index (Phi) is 4.34. The summed E-state index contributed by atoms with van der Waals surface area (Å²) in [6.07, 6.45) is 2.78. The molecule has 2 aliphatic rings. The lowest BCUT2D eigenvalue weighted by atomic mass is 9.99. The van der Waals surface area contributed by atoms with Crippen molar-refractivity contribution < 1.29 is 8.78 Å². The van der Waals surface area contributed by atoms with Crippen LogP contribution in [-0.4, -0.2) is 38.2 Å². The van der Waals surface area contributed by atoms with Gasteiger partial charge in [-0.15, -0.1) is 10.2 Å². The molecule has 26 heavy (non-hydrogen) atoms. The molecule has 1 aromatic carbocycles. The van der Waals surface area contributed by atoms with E-state index < -0.39 is 11.6 Å². The Balaban J connectivity index is 1.56. The van der Waals surface area contributed by atoms with E-state index in [0.717, 1.165) is 36.5 Å². The summed E-state index contributed by atoms with van der Waals surface area (Å²) in [4.78, 5) is 6.77. The molecule has 1 aromatic heterocycles. The molecule has 0 bridgehead atoms. The zero-order chi connectivity index (χ0) is 18.3. The number of benzene rings is 1. The molecule has 1 N–H and O–H groups in total. The number of aromatic nitrogens is 3. The first kappa shape index (κ1) is 16.9. The summed E-state index contributed by atoms with van der Waals surface area (Å²) in [7, 11) is 1.91. The number of hydrogen-bond acceptors (Lipinski definition) is 3. The summed E-state index contributed by atoms with van der Waals surface area (Å²) < 4.78 is 29.5. The minimum absolute atomic E-state index is 0.410. The van der Waals surface area contributed by atoms with E-state index in [1.165, 1.54) is 6.07 Å². The second kappa shape index (κ2) is 6.66. The van der Waals surface area contributed by atoms with E-state index in [-0.39, 0.29) is 0 Å². The number of nitrogens with zero attached hydrogens (tertiary/aromatic N) is 5. The Hall–Kier alpha value is -2.51. The van der Waals surface area contributed by atoms with Crippen molar-refractivity contribution >= 4 is 5.96 Å². The second-order valence-corrected chi connectivity index (χ2v) is 6.98. The lowest BCUT2D eigenvalue weighted by molar-refractivity contribution is 0.368. The number of hydrogen-bond donors (Lipinski definition) is 1. The zero-order valence-corrected chi connectivity index (χ0v) is 15.0. The molecule has 1 aliphatic carbocycles. The fraction of sp³-hybridized carbons (Fsp3) is 0.500. The molecular formula is C18H22F2N6. The SMILES string of the molecule is Cc1nnc(CN=C(NC2CC2)N2CCc3c(F)cc(F)cc3C2)n1C. The minimum atomic E-state index is -0.536. The van der Waals surface area contributed by atoms with Crippen molar-refractivity contribution in [1.29, 1.82) is 0 Å². The van der Waals surface area contributed by atoms with Crippen LogP contribution in [0.25, 0.3) is 0 Å². The van der Waals surface area contributed by atoms with Crippen molar-refractivity contribution in [3.63, 3.8) is 0 Å². The predicted molar refractivity (Wildman–Crippen MR) is 93.5 cm³/mol. The van der Waals surface area contributed by atoms with Crippen molar-refractivity contribution in [2.75, 3.05) is 6.54 Å². The Morgan fingerprint density at radius 3 is 2.81 bits per heavy atom. The third-order valence-corrected chi connectivity index (χ3v) is 5.01. The lowest BCUT2D eigenvalue weighted by Crippen LogP contribution is -2.45. The van der Waals surface area contributed by atoms with Gasteiger partial charge < -0.3 is 14.8 Å². The largest absolute Gasteiger partial charge is 0.353 e. The third-order valence-electron chi connectivity index (χ3n) is 5.01. The van der Waals surface area contributed by atoms with Crippen LogP contribution in [0, 0.1) is 18.6 Å². The fourth-order valence-electron chi connectivity index (χ4n) is 3.17. The minimum Gasteiger partial charge on any atom is -0.353 e. The first-order valence-electron chi connectivity index (χ1n) is 8.89. The second-order valence-electron chi connectivity index (χ2n) is 6.98. The third kappa shape index (κ3) is 3.40. The van der Waals surface area contributed by atoms with Gasteiger partial charge >= 0.3 is 0 Å². The van der Waals surface area contributed by atoms with E-state index in [2.05, 4.69) is 20.4 Å². The highest BCUT2D eigenvalue weighted by Crippen LogP contribution is 2.25. The maximum absolute atomic E-state index is 14.0. The molecule has 2 aromatic rings. The fourth-order valence-corrected chi connectivity index (χ4v) is 3.17. The van der Waals surface area contributed by atoms with Gasteiger partial charge in [-0.3, -0.25) is 0 Å². The Labute approximate surface area is 150 Å². The van der Waals surface area contributed by atoms with Gasteiger partial charge in [-0.2, -0.15) is 0 Å². The van der Waals surface area contributed by atoms with Crippen LogP contribution in [0.3, 0.4) is 0 Å². The molecule has 0 spiro atoms. The average molecular weight is 360 g/mol. The van der Waals surface area contributed by atoms with E-state index >= 15 is 0 Å². The topological polar surface area (TPSA) is 58.3 Å². The summed E-state index contributed by atoms with van der Waals surface area (Å²) in [5.74, 6) is 1.40. The summed E-state index contributed by atoms with van der Waals surface area (Å²) >= 11 is 0. The van der Waals surface area contributed by atoms with Crippen LogP contribution >= 0.6 is 0 Å². The van der Waals surface area contributed by atoms with Crippen LogP contribution < -0.4 is 5.32 Å². The first-order valence-corrected chi connectivity index (χ1v) is 8.89. The lowest BCUT2D eigenvalue weighted by Gasteiger charge is -2.32. The van der Waals surface area contributed by atoms with Crippen LogP contribution in [-0.2, 0) is 26.6 Å². The zero-order valence-electron chi connectivity index (χ0n) is 15.0. The summed E-state index contributed by atoms with van der Waals surface area (Å²) in [6, 6.07) is 2.81. The maximum Gasteiger partial charge on any atom is 0.194 e. The standard InChI is InChI=1S/C18H22F2N6/c1-11-23-24-17(25(11)2)9-21-18(22-14-3-4-14)26-6-5-15-12(10-26)7-13(19)8-16(15)20/h7-8,14H,3-6,9-10H2,1-2H3,(H,21,22). The summed E-state index contributed by atoms with van der Waals surface area (Å²) in [5.41, 5.74) is 1.30. The smallest absolute Gasteiger partial charge is 0.194 e. The van der Waals surface area contributed by atoms with Crippen LogP contribution in [0.5, 0.6) is 0 Å². The van der Waals surface area contributed by atoms with Crippen molar-refractivity contribution in [3.05, 3.63) is 46.5 Å². The molecule has 2 heterocycles. The van der Waals surface area contributed by atoms with Gasteiger partial charge in [-0.25, -0.2) is 13.8 Å². The first-order chi connectivity index (χ1) is 12.5. The monoisotopic (exact) mass is 360 g/mol. The molecule has 4 rings (SSSR count). The number of halogens is 2. The molecule has 1 fully saturated rings. The van der Waals surface area contributed by atoms with Gasteiger partial charge in [0.05, 0.1) is 0 Å². The number of nitrogens with one attached hydrogen (secondary N) is 1. The molecule has 1 aliphatic heterocycles. The molecule has 0 radical (unpaired) electrons. The molecule has 1 saturated carbocycles. The van der Waals surface area contributed by atoms with E-state index in [0.29, 0.717) is 43.2 Å². The van der Waals surface area contributed by atoms with Crippen molar-refractivity contribution in [3.8, 4) is 0 Å². The molecule has 0 saturated heterocycles. The normalized spacial score (nSPS) is 17.4. The van der Waals surface area contributed by atoms with E-state index in [1.807, 2.05) is 18.5 Å². The predicted octanol–water partition coefficient (Wildman–Crippen LogP) is 2.07. The molecule has 0 amide bonds. The molecular weight excluding hydrogens is 338 g/mol. The van der Waals surface area contributed by atoms with Gasteiger partial charge in [0.25, 0.3) is 0 Å². The van der Waals surface area contributed by atoms with Crippen LogP contribution in [0.4, 0.5) is 8.78 Å². The Morgan fingerprint density at radius 2 is 2.12 bits per heavy atom. The highest BCUT2D eigenvalue weighted by Gasteiger charge is 2.28. The Morgan fingerprint density at radius 1 is 1.31 bits per heavy atom. The van der Waals surface area contributed by atoms with Crippen molar-refractivity contribution in [2.24, 2.45) is 12.0 Å². The number of guanidine groups is 1. The van der Waals surface area contributed by atoms with Crippen LogP contribution in [0.1, 0.15) is 35.6 Å². The molecule has 8 heteroatoms. The van der Waals surface area contributed by atoms with Gasteiger partial charge in [0.2, 0.25) is 0 Å². The maximum atomic E-state index is 14.0. The average Bonchev–Trinajstić information content (AvgIpc) is 3.37. The van der Waals surface area contributed by atoms with Gasteiger partial charge in [-0.05, 0) is 43.4 Å². The quantitative estimate of drug-likeness (QED) is 0.673. The number of rotatable bonds is 3. The van der Waals surface area contributed by atoms with Crippen LogP contribution in [0.15, 0.2) is 17.1 Å². The highest BCUT2D eigenvalue weighted by molar-refractivity contribution is 5.81. The van der Waals surface area contributed by atoms with Gasteiger partial charge in [0.1, 0.15) is 24.0 Å². The van der Waals surface area contributed by atoms with Gasteiger partial charge in [0.15, 0.2) is 11.8 Å². The van der Waals surface area contributed by atoms with Crippen molar-refractivity contribution in [1.82, 2.24) is 25.0 Å². The summed E-state index contributed by atoms with van der Waals surface area (Å²) in [6.45, 7) is 3.40. The van der Waals surface area contributed by atoms with E-state index in [9.17, 15) is 8.78 Å². The van der Waals surface area contributed by atoms with Crippen molar-refractivity contribution in [2.45, 2.75) is 45.3 Å². The van der Waals surface area contributed by atoms with Crippen LogP contribution in [0.2, 0.25) is 0 Å². The number of fused-ring (bicyclic) bond motifs is 1. The van der Waals surface area contributed by atoms with Gasteiger partial charge in [-0.1, -0.05) is 0 Å². The summed E-state index contributed by atoms with van der Waals surface area (Å²) in [5, 5.41) is 11.7. The number of aryl methyl sites for hydroxylation is 1. The van der Waals surface area contributed by atoms with Gasteiger partial charge in [0, 0.05) is 32.2 Å². The molecule has 0 unspecified atom stereocenters. The molecule has 138 valence electrons.